The number of rotatable bonds is 0. The van der Waals surface area contributed by atoms with Gasteiger partial charge in [-0.2, -0.15) is 0 Å². The summed E-state index contributed by atoms with van der Waals surface area (Å²) in [5.41, 5.74) is 5.66. The van der Waals surface area contributed by atoms with Gasteiger partial charge in [-0.05, 0) is 106 Å². The van der Waals surface area contributed by atoms with Crippen LogP contribution in [0.2, 0.25) is 0 Å². The van der Waals surface area contributed by atoms with E-state index in [4.69, 9.17) is 0 Å². The van der Waals surface area contributed by atoms with E-state index in [1.54, 1.807) is 32.1 Å². The first-order chi connectivity index (χ1) is 10.0. The van der Waals surface area contributed by atoms with Crippen LogP contribution in [0.25, 0.3) is 0 Å². The smallest absolute Gasteiger partial charge is 0.0127 e. The lowest BCUT2D eigenvalue weighted by molar-refractivity contribution is -0.464. The molecule has 0 heteroatoms. The van der Waals surface area contributed by atoms with Crippen LogP contribution in [0.3, 0.4) is 0 Å². The van der Waals surface area contributed by atoms with Crippen molar-refractivity contribution in [1.29, 1.82) is 0 Å². The minimum absolute atomic E-state index is 0.842. The van der Waals surface area contributed by atoms with Crippen LogP contribution in [0, 0.1) is 73.9 Å². The van der Waals surface area contributed by atoms with E-state index in [0.717, 1.165) is 44.3 Å². The first kappa shape index (κ1) is 9.99. The molecule has 9 fully saturated rings. The molecular formula is C21H26. The van der Waals surface area contributed by atoms with Crippen LogP contribution in [0.4, 0.5) is 0 Å². The fourth-order valence-electron chi connectivity index (χ4n) is 13.7. The molecule has 0 aromatic rings. The molecule has 0 bridgehead atoms. The molecule has 12 atom stereocenters. The fourth-order valence-corrected chi connectivity index (χ4v) is 13.7. The minimum Gasteiger partial charge on any atom is -0.0622 e. The van der Waals surface area contributed by atoms with Gasteiger partial charge >= 0.3 is 0 Å². The van der Waals surface area contributed by atoms with Crippen LogP contribution < -0.4 is 0 Å². The van der Waals surface area contributed by atoms with Gasteiger partial charge in [-0.15, -0.1) is 0 Å². The molecule has 0 nitrogen and oxygen atoms in total. The van der Waals surface area contributed by atoms with Crippen LogP contribution >= 0.6 is 0 Å². The van der Waals surface area contributed by atoms with Gasteiger partial charge in [0, 0.05) is 0 Å². The molecule has 110 valence electrons. The lowest BCUT2D eigenvalue weighted by Crippen LogP contribution is -2.89. The van der Waals surface area contributed by atoms with Gasteiger partial charge in [0.15, 0.2) is 0 Å². The molecule has 21 heavy (non-hydrogen) atoms. The minimum atomic E-state index is 0.842. The fraction of sp³-hybridized carbons (Fsp3) is 1.00. The van der Waals surface area contributed by atoms with Crippen molar-refractivity contribution >= 4 is 0 Å². The summed E-state index contributed by atoms with van der Waals surface area (Å²) in [6.45, 7) is 7.96. The summed E-state index contributed by atoms with van der Waals surface area (Å²) in [6, 6.07) is 0. The first-order valence-corrected chi connectivity index (χ1v) is 10.0. The SMILES string of the molecule is CC1CC2(C)C1C1C3C4C5C(C)C6(CC6)C56CC46C34CC124. The third-order valence-electron chi connectivity index (χ3n) is 13.3. The largest absolute Gasteiger partial charge is 0.0622 e. The molecule has 0 heterocycles. The van der Waals surface area contributed by atoms with Gasteiger partial charge in [-0.3, -0.25) is 0 Å². The molecular weight excluding hydrogens is 252 g/mol. The van der Waals surface area contributed by atoms with Crippen molar-refractivity contribution in [3.63, 3.8) is 0 Å². The monoisotopic (exact) mass is 278 g/mol. The molecule has 0 amide bonds. The second-order valence-electron chi connectivity index (χ2n) is 11.9. The van der Waals surface area contributed by atoms with Crippen molar-refractivity contribution in [2.75, 3.05) is 0 Å². The second kappa shape index (κ2) is 1.88. The molecule has 9 aliphatic rings. The highest BCUT2D eigenvalue weighted by Crippen LogP contribution is 3.23. The quantitative estimate of drug-likeness (QED) is 0.618. The highest BCUT2D eigenvalue weighted by atomic mass is 15.2. The van der Waals surface area contributed by atoms with Crippen molar-refractivity contribution in [3.8, 4) is 0 Å². The molecule has 0 N–H and O–H groups in total. The third-order valence-corrected chi connectivity index (χ3v) is 13.3. The van der Waals surface area contributed by atoms with Crippen molar-refractivity contribution in [3.05, 3.63) is 0 Å². The Morgan fingerprint density at radius 2 is 1.33 bits per heavy atom. The Labute approximate surface area is 127 Å². The average Bonchev–Trinajstić information content (AvgIpc) is 3.27. The van der Waals surface area contributed by atoms with E-state index >= 15 is 0 Å². The molecule has 9 saturated carbocycles. The maximum atomic E-state index is 2.73. The number of fused-ring (bicyclic) bond motifs is 5. The highest BCUT2D eigenvalue weighted by molar-refractivity contribution is 5.65. The second-order valence-corrected chi connectivity index (χ2v) is 11.9. The summed E-state index contributed by atoms with van der Waals surface area (Å²) < 4.78 is 0. The van der Waals surface area contributed by atoms with Gasteiger partial charge in [0.2, 0.25) is 0 Å². The lowest BCUT2D eigenvalue weighted by atomic mass is 9.11. The van der Waals surface area contributed by atoms with E-state index in [2.05, 4.69) is 20.8 Å². The van der Waals surface area contributed by atoms with Gasteiger partial charge in [0.25, 0.3) is 0 Å². The Balaban J connectivity index is 1.25. The maximum Gasteiger partial charge on any atom is -0.0127 e. The standard InChI is InChI=1S/C21H26/c1-9-6-16(3)11(9)13-15-14-12-10(2)17(4-5-17)19(12)8-21(14,19)20(15)7-18(13,16)20/h9-15H,4-8H2,1-3H3. The molecule has 0 aromatic carbocycles. The summed E-state index contributed by atoms with van der Waals surface area (Å²) in [6.07, 6.45) is 8.33. The molecule has 0 radical (unpaired) electrons. The van der Waals surface area contributed by atoms with Crippen molar-refractivity contribution in [1.82, 2.24) is 0 Å². The Bertz CT molecular complexity index is 732. The number of hydrogen-bond acceptors (Lipinski definition) is 0. The van der Waals surface area contributed by atoms with Gasteiger partial charge < -0.3 is 0 Å². The van der Waals surface area contributed by atoms with Gasteiger partial charge in [-0.1, -0.05) is 20.8 Å². The average molecular weight is 278 g/mol. The summed E-state index contributed by atoms with van der Waals surface area (Å²) >= 11 is 0. The van der Waals surface area contributed by atoms with Gasteiger partial charge in [0.1, 0.15) is 0 Å². The van der Waals surface area contributed by atoms with Crippen LogP contribution in [0.15, 0.2) is 0 Å². The first-order valence-electron chi connectivity index (χ1n) is 10.0. The Morgan fingerprint density at radius 1 is 0.714 bits per heavy atom. The van der Waals surface area contributed by atoms with E-state index in [1.165, 1.54) is 29.6 Å². The molecule has 9 rings (SSSR count). The predicted octanol–water partition coefficient (Wildman–Crippen LogP) is 4.35. The van der Waals surface area contributed by atoms with Crippen molar-refractivity contribution in [2.45, 2.75) is 52.9 Å². The number of hydrogen-bond donors (Lipinski definition) is 0. The third kappa shape index (κ3) is 0.428. The van der Waals surface area contributed by atoms with Gasteiger partial charge in [0.05, 0.1) is 0 Å². The maximum absolute atomic E-state index is 2.73. The highest BCUT2D eigenvalue weighted by Gasteiger charge is 3.19. The molecule has 0 aromatic heterocycles. The van der Waals surface area contributed by atoms with E-state index in [0.29, 0.717) is 0 Å². The van der Waals surface area contributed by atoms with E-state index < -0.39 is 0 Å². The molecule has 5 spiro atoms. The topological polar surface area (TPSA) is 0 Å². The zero-order chi connectivity index (χ0) is 13.6. The van der Waals surface area contributed by atoms with Crippen molar-refractivity contribution < 1.29 is 0 Å². The van der Waals surface area contributed by atoms with E-state index in [-0.39, 0.29) is 0 Å². The van der Waals surface area contributed by atoms with E-state index in [1.807, 2.05) is 0 Å². The van der Waals surface area contributed by atoms with Crippen LogP contribution in [-0.4, -0.2) is 0 Å². The Hall–Kier alpha value is 0. The Kier molecular flexibility index (Phi) is 0.893. The molecule has 12 unspecified atom stereocenters. The van der Waals surface area contributed by atoms with Crippen LogP contribution in [0.5, 0.6) is 0 Å². The van der Waals surface area contributed by atoms with E-state index in [9.17, 15) is 0 Å². The van der Waals surface area contributed by atoms with Crippen LogP contribution in [0.1, 0.15) is 52.9 Å². The summed E-state index contributed by atoms with van der Waals surface area (Å²) in [7, 11) is 0. The predicted molar refractivity (Wildman–Crippen MR) is 79.1 cm³/mol. The normalized spacial score (nSPS) is 92.4. The Morgan fingerprint density at radius 3 is 2.05 bits per heavy atom. The summed E-state index contributed by atoms with van der Waals surface area (Å²) in [4.78, 5) is 0. The summed E-state index contributed by atoms with van der Waals surface area (Å²) in [5.74, 6) is 8.39. The molecule has 0 aliphatic heterocycles. The van der Waals surface area contributed by atoms with Crippen molar-refractivity contribution in [2.24, 2.45) is 73.9 Å². The molecule has 9 aliphatic carbocycles. The summed E-state index contributed by atoms with van der Waals surface area (Å²) in [5, 5.41) is 0. The lowest BCUT2D eigenvalue weighted by Gasteiger charge is -2.92. The van der Waals surface area contributed by atoms with Gasteiger partial charge in [-0.25, -0.2) is 0 Å². The zero-order valence-electron chi connectivity index (χ0n) is 13.6. The molecule has 0 saturated heterocycles. The van der Waals surface area contributed by atoms with Crippen LogP contribution in [-0.2, 0) is 0 Å². The zero-order valence-corrected chi connectivity index (χ0v) is 13.6.